The molecule has 0 spiro atoms. The summed E-state index contributed by atoms with van der Waals surface area (Å²) in [4.78, 5) is 13.6. The van der Waals surface area contributed by atoms with Gasteiger partial charge >= 0.3 is 0 Å². The van der Waals surface area contributed by atoms with Gasteiger partial charge in [-0.2, -0.15) is 5.10 Å². The van der Waals surface area contributed by atoms with E-state index in [2.05, 4.69) is 31.0 Å². The lowest BCUT2D eigenvalue weighted by Gasteiger charge is -2.23. The lowest BCUT2D eigenvalue weighted by atomic mass is 9.91. The molecule has 1 aromatic carbocycles. The van der Waals surface area contributed by atoms with Crippen LogP contribution in [0.25, 0.3) is 17.8 Å². The van der Waals surface area contributed by atoms with Gasteiger partial charge in [0.15, 0.2) is 5.82 Å². The summed E-state index contributed by atoms with van der Waals surface area (Å²) in [7, 11) is 1.60. The summed E-state index contributed by atoms with van der Waals surface area (Å²) in [6.07, 6.45) is 9.31. The molecule has 0 saturated carbocycles. The Morgan fingerprint density at radius 3 is 2.82 bits per heavy atom. The minimum absolute atomic E-state index is 0.0690. The minimum Gasteiger partial charge on any atom is -0.479 e. The number of aromatic nitrogens is 6. The number of aryl methyl sites for hydroxylation is 2. The Kier molecular flexibility index (Phi) is 5.80. The predicted molar refractivity (Wildman–Crippen MR) is 127 cm³/mol. The number of rotatable bonds is 5. The normalized spacial score (nSPS) is 15.7. The monoisotopic (exact) mass is 508 g/mol. The molecule has 0 bridgehead atoms. The molecule has 1 atom stereocenters. The van der Waals surface area contributed by atoms with Crippen LogP contribution in [0.15, 0.2) is 47.3 Å². The molecule has 4 heterocycles. The first kappa shape index (κ1) is 21.5. The second kappa shape index (κ2) is 8.90. The highest BCUT2D eigenvalue weighted by atomic mass is 79.9. The molecule has 0 N–H and O–H groups in total. The second-order valence-corrected chi connectivity index (χ2v) is 8.79. The van der Waals surface area contributed by atoms with E-state index in [1.165, 1.54) is 12.1 Å². The third-order valence-corrected chi connectivity index (χ3v) is 6.36. The van der Waals surface area contributed by atoms with Crippen LogP contribution in [0.5, 0.6) is 5.88 Å². The van der Waals surface area contributed by atoms with Crippen LogP contribution in [-0.2, 0) is 6.54 Å². The molecule has 168 valence electrons. The molecular weight excluding hydrogens is 487 g/mol. The number of hydrogen-bond donors (Lipinski definition) is 0. The van der Waals surface area contributed by atoms with Crippen LogP contribution < -0.4 is 4.74 Å². The van der Waals surface area contributed by atoms with Gasteiger partial charge in [0.1, 0.15) is 17.3 Å². The van der Waals surface area contributed by atoms with Crippen molar-refractivity contribution in [2.24, 2.45) is 0 Å². The van der Waals surface area contributed by atoms with Crippen LogP contribution in [0.2, 0.25) is 0 Å². The van der Waals surface area contributed by atoms with E-state index < -0.39 is 0 Å². The maximum Gasteiger partial charge on any atom is 0.238 e. The van der Waals surface area contributed by atoms with E-state index in [1.807, 2.05) is 52.7 Å². The zero-order valence-electron chi connectivity index (χ0n) is 18.2. The van der Waals surface area contributed by atoms with Gasteiger partial charge in [-0.05, 0) is 61.7 Å². The van der Waals surface area contributed by atoms with Crippen molar-refractivity contribution in [1.82, 2.24) is 29.3 Å². The van der Waals surface area contributed by atoms with E-state index in [-0.39, 0.29) is 11.7 Å². The van der Waals surface area contributed by atoms with E-state index in [9.17, 15) is 4.39 Å². The average molecular weight is 509 g/mol. The van der Waals surface area contributed by atoms with Crippen molar-refractivity contribution in [1.29, 1.82) is 0 Å². The Bertz CT molecular complexity index is 1340. The summed E-state index contributed by atoms with van der Waals surface area (Å²) in [6.45, 7) is 2.75. The van der Waals surface area contributed by atoms with E-state index in [0.717, 1.165) is 52.3 Å². The molecule has 3 aromatic heterocycles. The Labute approximate surface area is 199 Å². The van der Waals surface area contributed by atoms with Crippen molar-refractivity contribution < 1.29 is 9.13 Å². The van der Waals surface area contributed by atoms with Crippen molar-refractivity contribution in [3.63, 3.8) is 0 Å². The first-order valence-electron chi connectivity index (χ1n) is 10.7. The minimum atomic E-state index is -0.261. The molecule has 0 fully saturated rings. The van der Waals surface area contributed by atoms with Crippen molar-refractivity contribution in [3.05, 3.63) is 81.7 Å². The summed E-state index contributed by atoms with van der Waals surface area (Å²) >= 11 is 3.50. The Hall–Kier alpha value is -3.33. The van der Waals surface area contributed by atoms with Crippen LogP contribution in [0.3, 0.4) is 0 Å². The van der Waals surface area contributed by atoms with Gasteiger partial charge in [-0.25, -0.2) is 24.0 Å². The third-order valence-electron chi connectivity index (χ3n) is 5.68. The van der Waals surface area contributed by atoms with E-state index >= 15 is 0 Å². The fourth-order valence-electron chi connectivity index (χ4n) is 4.12. The van der Waals surface area contributed by atoms with E-state index in [1.54, 1.807) is 13.4 Å². The van der Waals surface area contributed by atoms with Gasteiger partial charge in [0.25, 0.3) is 0 Å². The number of fused-ring (bicyclic) bond motifs is 1. The lowest BCUT2D eigenvalue weighted by Crippen LogP contribution is -2.18. The summed E-state index contributed by atoms with van der Waals surface area (Å²) in [5.41, 5.74) is 3.50. The largest absolute Gasteiger partial charge is 0.479 e. The highest BCUT2D eigenvalue weighted by Crippen LogP contribution is 2.36. The zero-order chi connectivity index (χ0) is 22.9. The molecule has 0 radical (unpaired) electrons. The number of benzene rings is 1. The maximum atomic E-state index is 13.6. The van der Waals surface area contributed by atoms with Gasteiger partial charge in [0, 0.05) is 23.1 Å². The first-order chi connectivity index (χ1) is 16.0. The van der Waals surface area contributed by atoms with Gasteiger partial charge in [0.2, 0.25) is 5.88 Å². The third kappa shape index (κ3) is 4.32. The predicted octanol–water partition coefficient (Wildman–Crippen LogP) is 5.17. The van der Waals surface area contributed by atoms with Crippen LogP contribution in [-0.4, -0.2) is 36.4 Å². The van der Waals surface area contributed by atoms with Crippen LogP contribution in [0.1, 0.15) is 47.4 Å². The molecule has 4 aromatic rings. The number of methoxy groups -OCH3 is 1. The number of nitrogens with zero attached hydrogens (tertiary/aromatic N) is 6. The molecule has 9 heteroatoms. The number of halogens is 2. The molecule has 5 rings (SSSR count). The molecular formula is C24H22BrFN6O. The molecule has 0 saturated heterocycles. The van der Waals surface area contributed by atoms with Crippen molar-refractivity contribution in [3.8, 4) is 11.6 Å². The fourth-order valence-corrected chi connectivity index (χ4v) is 4.75. The maximum absolute atomic E-state index is 13.6. The van der Waals surface area contributed by atoms with E-state index in [0.29, 0.717) is 11.7 Å². The Morgan fingerprint density at radius 1 is 1.18 bits per heavy atom. The highest BCUT2D eigenvalue weighted by Gasteiger charge is 2.27. The number of hydrogen-bond acceptors (Lipinski definition) is 5. The van der Waals surface area contributed by atoms with Crippen molar-refractivity contribution in [2.45, 2.75) is 32.2 Å². The Morgan fingerprint density at radius 2 is 2.06 bits per heavy atom. The number of imidazole rings is 1. The van der Waals surface area contributed by atoms with Gasteiger partial charge in [-0.15, -0.1) is 0 Å². The number of ether oxygens (including phenoxy) is 1. The summed E-state index contributed by atoms with van der Waals surface area (Å²) < 4.78 is 23.6. The molecule has 0 unspecified atom stereocenters. The van der Waals surface area contributed by atoms with Gasteiger partial charge in [-0.1, -0.05) is 22.0 Å². The van der Waals surface area contributed by atoms with Crippen LogP contribution >= 0.6 is 15.9 Å². The molecule has 0 amide bonds. The molecule has 33 heavy (non-hydrogen) atoms. The first-order valence-corrected chi connectivity index (χ1v) is 11.4. The molecule has 1 aliphatic rings. The molecule has 7 nitrogen and oxygen atoms in total. The second-order valence-electron chi connectivity index (χ2n) is 7.93. The lowest BCUT2D eigenvalue weighted by molar-refractivity contribution is 0.395. The van der Waals surface area contributed by atoms with Crippen molar-refractivity contribution >= 4 is 28.1 Å². The van der Waals surface area contributed by atoms with Crippen LogP contribution in [0, 0.1) is 12.7 Å². The summed E-state index contributed by atoms with van der Waals surface area (Å²) in [5.74, 6) is 1.82. The van der Waals surface area contributed by atoms with E-state index in [4.69, 9.17) is 9.72 Å². The average Bonchev–Trinajstić information content (AvgIpc) is 3.43. The van der Waals surface area contributed by atoms with Gasteiger partial charge in [0.05, 0.1) is 24.8 Å². The highest BCUT2D eigenvalue weighted by molar-refractivity contribution is 9.10. The smallest absolute Gasteiger partial charge is 0.238 e. The molecule has 0 aliphatic carbocycles. The van der Waals surface area contributed by atoms with Crippen LogP contribution in [0.4, 0.5) is 4.39 Å². The summed E-state index contributed by atoms with van der Waals surface area (Å²) in [6, 6.07) is 8.67. The summed E-state index contributed by atoms with van der Waals surface area (Å²) in [5, 5.41) is 4.66. The quantitative estimate of drug-likeness (QED) is 0.371. The van der Waals surface area contributed by atoms with Crippen molar-refractivity contribution in [2.75, 3.05) is 7.11 Å². The SMILES string of the molecule is COc1nc(/C=C/c2nc3n(n2)CCC[C@@H]3c2ccc(F)cc2Br)ccc1-n1cnc(C)c1. The van der Waals surface area contributed by atoms with Gasteiger partial charge < -0.3 is 9.30 Å². The molecule has 1 aliphatic heterocycles. The fraction of sp³-hybridized carbons (Fsp3) is 0.250. The number of pyridine rings is 1. The van der Waals surface area contributed by atoms with Gasteiger partial charge in [-0.3, -0.25) is 0 Å². The Balaban J connectivity index is 1.42. The standard InChI is InChI=1S/C24H22BrFN6O/c1-15-13-31(14-27-15)21-9-6-17(28-24(21)33-2)7-10-22-29-23-19(4-3-11-32(23)30-22)18-8-5-16(26)12-20(18)25/h5-10,12-14,19H,3-4,11H2,1-2H3/b10-7+/t19-/m1/s1. The zero-order valence-corrected chi connectivity index (χ0v) is 19.8. The topological polar surface area (TPSA) is 70.7 Å².